The molecule has 0 fully saturated rings. The van der Waals surface area contributed by atoms with Gasteiger partial charge in [-0.1, -0.05) is 12.2 Å². The molecule has 4 heteroatoms. The summed E-state index contributed by atoms with van der Waals surface area (Å²) in [4.78, 5) is 15.3. The third-order valence-corrected chi connectivity index (χ3v) is 3.29. The Balaban J connectivity index is 1.88. The highest BCUT2D eigenvalue weighted by molar-refractivity contribution is 6.07. The van der Waals surface area contributed by atoms with E-state index >= 15 is 0 Å². The molecule has 1 amide bonds. The minimum absolute atomic E-state index is 0.0412. The SMILES string of the molecule is Nc1ccc2[nH]cc(C(=O)NC3CC=CC3)c2c1. The number of nitrogens with two attached hydrogens (primary N) is 1. The second-order valence-corrected chi connectivity index (χ2v) is 4.62. The second-order valence-electron chi connectivity index (χ2n) is 4.62. The molecule has 3 rings (SSSR count). The zero-order valence-corrected chi connectivity index (χ0v) is 9.94. The average molecular weight is 241 g/mol. The molecule has 1 aliphatic carbocycles. The van der Waals surface area contributed by atoms with Crippen molar-refractivity contribution in [3.8, 4) is 0 Å². The minimum Gasteiger partial charge on any atom is -0.399 e. The van der Waals surface area contributed by atoms with Gasteiger partial charge >= 0.3 is 0 Å². The average Bonchev–Trinajstić information content (AvgIpc) is 2.97. The van der Waals surface area contributed by atoms with Crippen LogP contribution in [0.4, 0.5) is 5.69 Å². The highest BCUT2D eigenvalue weighted by Gasteiger charge is 2.17. The molecule has 0 aliphatic heterocycles. The lowest BCUT2D eigenvalue weighted by Crippen LogP contribution is -2.32. The summed E-state index contributed by atoms with van der Waals surface area (Å²) >= 11 is 0. The Morgan fingerprint density at radius 1 is 1.33 bits per heavy atom. The van der Waals surface area contributed by atoms with Crippen LogP contribution in [0.15, 0.2) is 36.5 Å². The lowest BCUT2D eigenvalue weighted by atomic mass is 10.1. The molecule has 92 valence electrons. The van der Waals surface area contributed by atoms with Crippen molar-refractivity contribution in [2.75, 3.05) is 5.73 Å². The number of carbonyl (C=O) groups is 1. The monoisotopic (exact) mass is 241 g/mol. The highest BCUT2D eigenvalue weighted by atomic mass is 16.1. The number of carbonyl (C=O) groups excluding carboxylic acids is 1. The van der Waals surface area contributed by atoms with Gasteiger partial charge in [-0.2, -0.15) is 0 Å². The second kappa shape index (κ2) is 4.22. The van der Waals surface area contributed by atoms with E-state index in [0.717, 1.165) is 23.7 Å². The number of fused-ring (bicyclic) bond motifs is 1. The standard InChI is InChI=1S/C14H15N3O/c15-9-5-6-13-11(7-9)12(8-16-13)14(18)17-10-3-1-2-4-10/h1-2,5-8,10,16H,3-4,15H2,(H,17,18). The molecule has 1 aliphatic rings. The van der Waals surface area contributed by atoms with E-state index in [1.165, 1.54) is 0 Å². The van der Waals surface area contributed by atoms with Gasteiger partial charge in [-0.3, -0.25) is 4.79 Å². The fraction of sp³-hybridized carbons (Fsp3) is 0.214. The summed E-state index contributed by atoms with van der Waals surface area (Å²) in [5.74, 6) is -0.0412. The zero-order chi connectivity index (χ0) is 12.5. The van der Waals surface area contributed by atoms with Gasteiger partial charge in [0.1, 0.15) is 0 Å². The molecule has 0 saturated carbocycles. The number of anilines is 1. The Morgan fingerprint density at radius 3 is 2.89 bits per heavy atom. The zero-order valence-electron chi connectivity index (χ0n) is 9.94. The third kappa shape index (κ3) is 1.86. The van der Waals surface area contributed by atoms with Crippen molar-refractivity contribution in [3.05, 3.63) is 42.1 Å². The number of aromatic nitrogens is 1. The van der Waals surface area contributed by atoms with E-state index in [9.17, 15) is 4.79 Å². The van der Waals surface area contributed by atoms with Crippen molar-refractivity contribution < 1.29 is 4.79 Å². The van der Waals surface area contributed by atoms with E-state index in [2.05, 4.69) is 22.5 Å². The number of aromatic amines is 1. The van der Waals surface area contributed by atoms with Crippen LogP contribution in [0.5, 0.6) is 0 Å². The Morgan fingerprint density at radius 2 is 2.11 bits per heavy atom. The maximum absolute atomic E-state index is 12.2. The molecule has 4 nitrogen and oxygen atoms in total. The van der Waals surface area contributed by atoms with Gasteiger partial charge in [-0.15, -0.1) is 0 Å². The van der Waals surface area contributed by atoms with Crippen LogP contribution in [-0.2, 0) is 0 Å². The van der Waals surface area contributed by atoms with Gasteiger partial charge in [0.25, 0.3) is 5.91 Å². The first kappa shape index (κ1) is 10.9. The number of hydrogen-bond donors (Lipinski definition) is 3. The summed E-state index contributed by atoms with van der Waals surface area (Å²) in [6.07, 6.45) is 7.75. The van der Waals surface area contributed by atoms with E-state index in [0.29, 0.717) is 11.3 Å². The van der Waals surface area contributed by atoms with Gasteiger partial charge in [0.15, 0.2) is 0 Å². The van der Waals surface area contributed by atoms with E-state index in [1.807, 2.05) is 18.2 Å². The predicted molar refractivity (Wildman–Crippen MR) is 72.3 cm³/mol. The van der Waals surface area contributed by atoms with E-state index in [-0.39, 0.29) is 11.9 Å². The summed E-state index contributed by atoms with van der Waals surface area (Å²) in [5.41, 5.74) is 8.01. The molecule has 2 aromatic rings. The fourth-order valence-electron chi connectivity index (χ4n) is 2.32. The van der Waals surface area contributed by atoms with Crippen LogP contribution in [0, 0.1) is 0 Å². The molecule has 0 radical (unpaired) electrons. The van der Waals surface area contributed by atoms with Crippen molar-refractivity contribution in [3.63, 3.8) is 0 Å². The minimum atomic E-state index is -0.0412. The molecule has 0 unspecified atom stereocenters. The molecule has 0 spiro atoms. The van der Waals surface area contributed by atoms with Crippen molar-refractivity contribution in [2.24, 2.45) is 0 Å². The summed E-state index contributed by atoms with van der Waals surface area (Å²) in [6.45, 7) is 0. The Labute approximate surface area is 105 Å². The molecule has 18 heavy (non-hydrogen) atoms. The third-order valence-electron chi connectivity index (χ3n) is 3.29. The normalized spacial score (nSPS) is 15.3. The number of amides is 1. The van der Waals surface area contributed by atoms with E-state index in [4.69, 9.17) is 5.73 Å². The van der Waals surface area contributed by atoms with E-state index < -0.39 is 0 Å². The van der Waals surface area contributed by atoms with Crippen molar-refractivity contribution in [2.45, 2.75) is 18.9 Å². The molecule has 4 N–H and O–H groups in total. The smallest absolute Gasteiger partial charge is 0.253 e. The molecule has 0 bridgehead atoms. The maximum atomic E-state index is 12.2. The van der Waals surface area contributed by atoms with Gasteiger partial charge in [-0.05, 0) is 31.0 Å². The quantitative estimate of drug-likeness (QED) is 0.557. The first-order chi connectivity index (χ1) is 8.74. The van der Waals surface area contributed by atoms with Crippen LogP contribution < -0.4 is 11.1 Å². The molecular formula is C14H15N3O. The van der Waals surface area contributed by atoms with Crippen molar-refractivity contribution in [1.29, 1.82) is 0 Å². The first-order valence-electron chi connectivity index (χ1n) is 6.06. The number of nitrogens with one attached hydrogen (secondary N) is 2. The largest absolute Gasteiger partial charge is 0.399 e. The van der Waals surface area contributed by atoms with Crippen LogP contribution in [0.25, 0.3) is 10.9 Å². The van der Waals surface area contributed by atoms with Crippen LogP contribution in [0.3, 0.4) is 0 Å². The Bertz CT molecular complexity index is 619. The lowest BCUT2D eigenvalue weighted by molar-refractivity contribution is 0.0940. The number of H-pyrrole nitrogens is 1. The number of hydrogen-bond acceptors (Lipinski definition) is 2. The molecule has 1 aromatic heterocycles. The predicted octanol–water partition coefficient (Wildman–Crippen LogP) is 2.20. The van der Waals surface area contributed by atoms with Gasteiger partial charge in [0, 0.05) is 28.8 Å². The van der Waals surface area contributed by atoms with Crippen LogP contribution in [0.2, 0.25) is 0 Å². The van der Waals surface area contributed by atoms with Gasteiger partial charge in [-0.25, -0.2) is 0 Å². The Hall–Kier alpha value is -2.23. The highest BCUT2D eigenvalue weighted by Crippen LogP contribution is 2.21. The summed E-state index contributed by atoms with van der Waals surface area (Å²) in [6, 6.07) is 5.76. The summed E-state index contributed by atoms with van der Waals surface area (Å²) < 4.78 is 0. The topological polar surface area (TPSA) is 70.9 Å². The Kier molecular flexibility index (Phi) is 2.55. The number of benzene rings is 1. The van der Waals surface area contributed by atoms with Crippen molar-refractivity contribution >= 4 is 22.5 Å². The molecule has 0 saturated heterocycles. The fourth-order valence-corrected chi connectivity index (χ4v) is 2.32. The maximum Gasteiger partial charge on any atom is 0.253 e. The van der Waals surface area contributed by atoms with Crippen LogP contribution in [0.1, 0.15) is 23.2 Å². The number of rotatable bonds is 2. The number of nitrogen functional groups attached to an aromatic ring is 1. The van der Waals surface area contributed by atoms with Crippen molar-refractivity contribution in [1.82, 2.24) is 10.3 Å². The van der Waals surface area contributed by atoms with Gasteiger partial charge in [0.2, 0.25) is 0 Å². The molecule has 1 heterocycles. The summed E-state index contributed by atoms with van der Waals surface area (Å²) in [5, 5.41) is 3.90. The molecule has 0 atom stereocenters. The summed E-state index contributed by atoms with van der Waals surface area (Å²) in [7, 11) is 0. The van der Waals surface area contributed by atoms with Crippen LogP contribution in [-0.4, -0.2) is 16.9 Å². The first-order valence-corrected chi connectivity index (χ1v) is 6.06. The van der Waals surface area contributed by atoms with Gasteiger partial charge in [0.05, 0.1) is 5.56 Å². The van der Waals surface area contributed by atoms with E-state index in [1.54, 1.807) is 6.20 Å². The molecule has 1 aromatic carbocycles. The lowest BCUT2D eigenvalue weighted by Gasteiger charge is -2.11. The molecular weight excluding hydrogens is 226 g/mol. The van der Waals surface area contributed by atoms with Crippen LogP contribution >= 0.6 is 0 Å². The van der Waals surface area contributed by atoms with Gasteiger partial charge < -0.3 is 16.0 Å².